The minimum atomic E-state index is -0.318. The number of benzene rings is 4. The Labute approximate surface area is 450 Å². The predicted molar refractivity (Wildman–Crippen MR) is 301 cm³/mol. The minimum absolute atomic E-state index is 0.0495. The smallest absolute Gasteiger partial charge is 0.338 e. The normalized spacial score (nSPS) is 20.2. The Hall–Kier alpha value is -7.34. The molecule has 0 radical (unpaired) electrons. The van der Waals surface area contributed by atoms with E-state index in [2.05, 4.69) is 83.1 Å². The van der Waals surface area contributed by atoms with Crippen LogP contribution in [-0.2, 0) is 41.6 Å². The molecule has 4 heterocycles. The summed E-state index contributed by atoms with van der Waals surface area (Å²) in [5, 5.41) is 8.69. The van der Waals surface area contributed by atoms with Crippen LogP contribution in [0.4, 0.5) is 0 Å². The molecule has 2 amide bonds. The Morgan fingerprint density at radius 1 is 0.513 bits per heavy atom. The fourth-order valence-electron chi connectivity index (χ4n) is 10.4. The molecule has 76 heavy (non-hydrogen) atoms. The molecule has 4 aromatic carbocycles. The van der Waals surface area contributed by atoms with E-state index >= 15 is 0 Å². The number of likely N-dealkylation sites (tertiary alicyclic amines) is 2. The summed E-state index contributed by atoms with van der Waals surface area (Å²) < 4.78 is 11.1. The Balaban J connectivity index is 0.000000221. The van der Waals surface area contributed by atoms with Crippen molar-refractivity contribution >= 4 is 35.2 Å². The number of carbonyl (C=O) groups excluding carboxylic acids is 4. The van der Waals surface area contributed by atoms with Crippen molar-refractivity contribution in [3.8, 4) is 0 Å². The molecule has 0 spiro atoms. The third kappa shape index (κ3) is 17.4. The van der Waals surface area contributed by atoms with E-state index in [1.165, 1.54) is 11.1 Å². The molecular formula is C64H76N4O8. The molecule has 12 nitrogen and oxygen atoms in total. The zero-order chi connectivity index (χ0) is 53.5. The molecule has 0 unspecified atom stereocenters. The summed E-state index contributed by atoms with van der Waals surface area (Å²) in [5.41, 5.74) is 10.8. The van der Waals surface area contributed by atoms with E-state index in [1.54, 1.807) is 0 Å². The van der Waals surface area contributed by atoms with Crippen LogP contribution >= 0.6 is 0 Å². The zero-order valence-electron chi connectivity index (χ0n) is 45.1. The van der Waals surface area contributed by atoms with E-state index in [0.717, 1.165) is 111 Å². The lowest BCUT2D eigenvalue weighted by Gasteiger charge is -2.32. The van der Waals surface area contributed by atoms with Gasteiger partial charge in [-0.1, -0.05) is 143 Å². The summed E-state index contributed by atoms with van der Waals surface area (Å²) in [6.45, 7) is 11.3. The number of rotatable bonds is 8. The average Bonchev–Trinajstić information content (AvgIpc) is 3.42. The summed E-state index contributed by atoms with van der Waals surface area (Å²) in [4.78, 5) is 66.4. The number of oxime groups is 2. The molecule has 0 atom stereocenters. The highest BCUT2D eigenvalue weighted by Gasteiger charge is 2.26. The van der Waals surface area contributed by atoms with Gasteiger partial charge in [0.25, 0.3) is 11.8 Å². The standard InChI is InChI=1S/2C32H38N2O4/c2*1-24-20-25(2)31-28(21-24)22-29(14-10-5-3-4-6-11-19-37-32(31)36)33-38-23-30(35)34-17-15-27(16-18-34)26-12-8-7-9-13-26/h2*4,6-10,12-14,20-21,27H,3,5,11,15-19,22-23H2,1-2H3/b6-4+,14-10+,33-29+;6-4+,14-10+,33-29-. The quantitative estimate of drug-likeness (QED) is 0.0967. The molecule has 0 aromatic heterocycles. The molecular weight excluding hydrogens is 953 g/mol. The number of ether oxygens (including phenoxy) is 2. The molecule has 0 bridgehead atoms. The maximum Gasteiger partial charge on any atom is 0.338 e. The number of aryl methyl sites for hydroxylation is 4. The highest BCUT2D eigenvalue weighted by molar-refractivity contribution is 6.01. The van der Waals surface area contributed by atoms with Crippen molar-refractivity contribution in [3.63, 3.8) is 0 Å². The first kappa shape index (κ1) is 56.4. The van der Waals surface area contributed by atoms with Gasteiger partial charge in [-0.25, -0.2) is 9.59 Å². The molecule has 4 aliphatic rings. The fraction of sp³-hybridized carbons (Fsp3) is 0.406. The van der Waals surface area contributed by atoms with Crippen molar-refractivity contribution in [2.24, 2.45) is 10.3 Å². The van der Waals surface area contributed by atoms with Gasteiger partial charge in [-0.2, -0.15) is 0 Å². The second kappa shape index (κ2) is 29.7. The molecule has 4 aromatic rings. The lowest BCUT2D eigenvalue weighted by atomic mass is 9.89. The number of fused-ring (bicyclic) bond motifs is 2. The van der Waals surface area contributed by atoms with Crippen LogP contribution in [0.5, 0.6) is 0 Å². The SMILES string of the molecule is Cc1cc(C)c2c(c1)CC(=N/OCC(=O)N1CCC(c3ccccc3)CC1)/C=C/CC/C=C/CCOC2=O.Cc1cc(C)c2c(c1)CC(=N\OCC(=O)N1CCC(c3ccccc3)CC1)/C=C/CC/C=C/CCOC2=O. The van der Waals surface area contributed by atoms with Gasteiger partial charge < -0.3 is 28.9 Å². The summed E-state index contributed by atoms with van der Waals surface area (Å²) in [6.07, 6.45) is 25.8. The van der Waals surface area contributed by atoms with Gasteiger partial charge in [0.15, 0.2) is 13.2 Å². The second-order valence-electron chi connectivity index (χ2n) is 20.2. The summed E-state index contributed by atoms with van der Waals surface area (Å²) >= 11 is 0. The molecule has 2 fully saturated rings. The van der Waals surface area contributed by atoms with Gasteiger partial charge in [0.05, 0.1) is 35.8 Å². The van der Waals surface area contributed by atoms with Crippen LogP contribution in [0.15, 0.2) is 144 Å². The van der Waals surface area contributed by atoms with E-state index in [4.69, 9.17) is 19.1 Å². The topological polar surface area (TPSA) is 136 Å². The minimum Gasteiger partial charge on any atom is -0.462 e. The van der Waals surface area contributed by atoms with Gasteiger partial charge in [-0.3, -0.25) is 9.59 Å². The Morgan fingerprint density at radius 3 is 1.28 bits per heavy atom. The largest absolute Gasteiger partial charge is 0.462 e. The number of hydrogen-bond acceptors (Lipinski definition) is 10. The van der Waals surface area contributed by atoms with Crippen LogP contribution in [0.3, 0.4) is 0 Å². The maximum absolute atomic E-state index is 12.9. The Morgan fingerprint density at radius 2 is 0.882 bits per heavy atom. The van der Waals surface area contributed by atoms with Crippen LogP contribution in [0.1, 0.15) is 141 Å². The van der Waals surface area contributed by atoms with Crippen LogP contribution in [0.2, 0.25) is 0 Å². The number of esters is 2. The van der Waals surface area contributed by atoms with Crippen molar-refractivity contribution in [1.82, 2.24) is 9.80 Å². The van der Waals surface area contributed by atoms with Gasteiger partial charge in [0.2, 0.25) is 0 Å². The highest BCUT2D eigenvalue weighted by Crippen LogP contribution is 2.29. The molecule has 0 N–H and O–H groups in total. The fourth-order valence-corrected chi connectivity index (χ4v) is 10.4. The van der Waals surface area contributed by atoms with Crippen LogP contribution in [0.25, 0.3) is 0 Å². The first-order valence-electron chi connectivity index (χ1n) is 27.2. The van der Waals surface area contributed by atoms with E-state index < -0.39 is 0 Å². The zero-order valence-corrected chi connectivity index (χ0v) is 45.1. The average molecular weight is 1030 g/mol. The summed E-state index contributed by atoms with van der Waals surface area (Å²) in [5.74, 6) is 0.246. The molecule has 0 aliphatic carbocycles. The molecule has 400 valence electrons. The second-order valence-corrected chi connectivity index (χ2v) is 20.2. The number of piperidine rings is 2. The monoisotopic (exact) mass is 1030 g/mol. The summed E-state index contributed by atoms with van der Waals surface area (Å²) in [7, 11) is 0. The molecule has 2 saturated heterocycles. The van der Waals surface area contributed by atoms with Crippen LogP contribution in [0, 0.1) is 27.7 Å². The van der Waals surface area contributed by atoms with Gasteiger partial charge in [0.1, 0.15) is 0 Å². The summed E-state index contributed by atoms with van der Waals surface area (Å²) in [6, 6.07) is 29.0. The maximum atomic E-state index is 12.9. The third-order valence-electron chi connectivity index (χ3n) is 14.2. The van der Waals surface area contributed by atoms with Crippen LogP contribution < -0.4 is 0 Å². The van der Waals surface area contributed by atoms with E-state index in [-0.39, 0.29) is 37.0 Å². The van der Waals surface area contributed by atoms with Crippen molar-refractivity contribution in [3.05, 3.63) is 189 Å². The van der Waals surface area contributed by atoms with Crippen LogP contribution in [-0.4, -0.2) is 97.6 Å². The lowest BCUT2D eigenvalue weighted by molar-refractivity contribution is -0.137. The highest BCUT2D eigenvalue weighted by atomic mass is 16.6. The number of nitrogens with zero attached hydrogens (tertiary/aromatic N) is 4. The van der Waals surface area contributed by atoms with Gasteiger partial charge in [-0.15, -0.1) is 0 Å². The van der Waals surface area contributed by atoms with E-state index in [0.29, 0.717) is 73.3 Å². The van der Waals surface area contributed by atoms with Crippen molar-refractivity contribution in [2.45, 2.75) is 117 Å². The third-order valence-corrected chi connectivity index (χ3v) is 14.2. The molecule has 0 saturated carbocycles. The van der Waals surface area contributed by atoms with E-state index in [9.17, 15) is 19.2 Å². The molecule has 8 rings (SSSR count). The molecule has 4 aliphatic heterocycles. The lowest BCUT2D eigenvalue weighted by Crippen LogP contribution is -2.39. The van der Waals surface area contributed by atoms with Crippen molar-refractivity contribution in [1.29, 1.82) is 0 Å². The number of allylic oxidation sites excluding steroid dienone is 6. The predicted octanol–water partition coefficient (Wildman–Crippen LogP) is 12.2. The van der Waals surface area contributed by atoms with Crippen molar-refractivity contribution in [2.75, 3.05) is 52.6 Å². The van der Waals surface area contributed by atoms with Crippen molar-refractivity contribution < 1.29 is 38.3 Å². The Bertz CT molecular complexity index is 2570. The number of cyclic esters (lactones) is 2. The molecule has 12 heteroatoms. The first-order chi connectivity index (χ1) is 37.0. The first-order valence-corrected chi connectivity index (χ1v) is 27.2. The van der Waals surface area contributed by atoms with Gasteiger partial charge in [-0.05, 0) is 149 Å². The number of amides is 2. The van der Waals surface area contributed by atoms with Gasteiger partial charge >= 0.3 is 11.9 Å². The van der Waals surface area contributed by atoms with Gasteiger partial charge in [0, 0.05) is 39.0 Å². The number of carbonyl (C=O) groups is 4. The Kier molecular flexibility index (Phi) is 22.0. The van der Waals surface area contributed by atoms with E-state index in [1.807, 2.05) is 98.2 Å². The number of hydrogen-bond donors (Lipinski definition) is 0.